The molecule has 0 saturated carbocycles. The van der Waals surface area contributed by atoms with Gasteiger partial charge in [-0.15, -0.1) is 11.8 Å². The number of nitrogens with zero attached hydrogens (tertiary/aromatic N) is 6. The normalized spacial score (nSPS) is 20.6. The molecule has 248 valence electrons. The molecule has 17 nitrogen and oxygen atoms in total. The van der Waals surface area contributed by atoms with Crippen LogP contribution in [0.2, 0.25) is 0 Å². The van der Waals surface area contributed by atoms with E-state index >= 15 is 0 Å². The Bertz CT molecular complexity index is 1850. The van der Waals surface area contributed by atoms with E-state index in [9.17, 15) is 29.4 Å². The van der Waals surface area contributed by atoms with Gasteiger partial charge in [0, 0.05) is 35.0 Å². The first kappa shape index (κ1) is 32.2. The Morgan fingerprint density at radius 3 is 2.66 bits per heavy atom. The number of carboxylic acids is 2. The van der Waals surface area contributed by atoms with Gasteiger partial charge in [-0.1, -0.05) is 5.16 Å². The van der Waals surface area contributed by atoms with Crippen LogP contribution in [0.5, 0.6) is 0 Å². The van der Waals surface area contributed by atoms with Crippen LogP contribution in [0.25, 0.3) is 11.0 Å². The molecule has 2 saturated heterocycles. The van der Waals surface area contributed by atoms with E-state index < -0.39 is 46.5 Å². The molecule has 19 heteroatoms. The summed E-state index contributed by atoms with van der Waals surface area (Å²) in [6.07, 6.45) is 3.74. The zero-order chi connectivity index (χ0) is 33.6. The average Bonchev–Trinajstić information content (AvgIpc) is 3.62. The van der Waals surface area contributed by atoms with Gasteiger partial charge in [0.2, 0.25) is 22.7 Å². The number of nitrogen functional groups attached to an aromatic ring is 2. The van der Waals surface area contributed by atoms with E-state index in [4.69, 9.17) is 16.3 Å². The fraction of sp³-hybridized carbons (Fsp3) is 0.429. The number of pyridine rings is 1. The number of hydrogen-bond donors (Lipinski definition) is 6. The number of nitrogens with one attached hydrogen (secondary N) is 2. The van der Waals surface area contributed by atoms with Gasteiger partial charge < -0.3 is 41.7 Å². The van der Waals surface area contributed by atoms with Gasteiger partial charge in [0.15, 0.2) is 17.9 Å². The van der Waals surface area contributed by atoms with Crippen molar-refractivity contribution in [1.29, 1.82) is 0 Å². The largest absolute Gasteiger partial charge is 0.478 e. The molecule has 8 N–H and O–H groups in total. The molecule has 0 spiro atoms. The molecular formula is C28H33N10O7S2+. The minimum Gasteiger partial charge on any atom is -0.478 e. The van der Waals surface area contributed by atoms with Crippen molar-refractivity contribution in [2.45, 2.75) is 56.3 Å². The number of anilines is 2. The highest BCUT2D eigenvalue weighted by Crippen LogP contribution is 2.40. The second-order valence-electron chi connectivity index (χ2n) is 11.7. The maximum absolute atomic E-state index is 13.4. The fourth-order valence-corrected chi connectivity index (χ4v) is 7.57. The van der Waals surface area contributed by atoms with Gasteiger partial charge in [-0.3, -0.25) is 14.5 Å². The van der Waals surface area contributed by atoms with Crippen molar-refractivity contribution in [3.63, 3.8) is 0 Å². The predicted molar refractivity (Wildman–Crippen MR) is 171 cm³/mol. The van der Waals surface area contributed by atoms with Crippen molar-refractivity contribution in [1.82, 2.24) is 29.5 Å². The second-order valence-corrected chi connectivity index (χ2v) is 13.6. The number of piperidine rings is 1. The predicted octanol–water partition coefficient (Wildman–Crippen LogP) is -0.108. The molecule has 2 fully saturated rings. The van der Waals surface area contributed by atoms with Gasteiger partial charge in [-0.05, 0) is 45.8 Å². The lowest BCUT2D eigenvalue weighted by molar-refractivity contribution is -0.663. The number of β-lactam (4-membered cyclic amide) rings is 1. The zero-order valence-corrected chi connectivity index (χ0v) is 27.0. The summed E-state index contributed by atoms with van der Waals surface area (Å²) >= 11 is 2.09. The Labute approximate surface area is 275 Å². The lowest BCUT2D eigenvalue weighted by Crippen LogP contribution is -2.71. The standard InChI is InChI=1S/C28H32N10O7S2/c1-28(2,26(43)44)45-34-18(21-33-27(30)47-35-21)22(39)32-19-23(40)38-20(25(41)42)13(12-46-24(19)38)11-36-9-3-4-15-16(36)10-17(29)37(15)14-5-7-31-8-6-14/h3-4,9-10,14,19,24,29,31H,5-8,11-12H2,1-2H3,(H5,30,32,33,35,39,41,42,43,44)/p+1. The molecule has 3 aromatic heterocycles. The molecule has 0 aromatic carbocycles. The van der Waals surface area contributed by atoms with Crippen molar-refractivity contribution < 1.29 is 38.8 Å². The number of hydrogen-bond acceptors (Lipinski definition) is 13. The van der Waals surface area contributed by atoms with Crippen LogP contribution in [0.3, 0.4) is 0 Å². The molecule has 2 amide bonds. The lowest BCUT2D eigenvalue weighted by atomic mass is 10.0. The van der Waals surface area contributed by atoms with E-state index in [1.54, 1.807) is 0 Å². The minimum atomic E-state index is -1.79. The third-order valence-corrected chi connectivity index (χ3v) is 10.1. The molecule has 3 aliphatic heterocycles. The maximum Gasteiger partial charge on any atom is 0.352 e. The van der Waals surface area contributed by atoms with E-state index in [-0.39, 0.29) is 35.0 Å². The summed E-state index contributed by atoms with van der Waals surface area (Å²) in [7, 11) is 0. The molecule has 0 aliphatic carbocycles. The molecule has 2 atom stereocenters. The molecule has 0 radical (unpaired) electrons. The number of carbonyl (C=O) groups excluding carboxylic acids is 2. The van der Waals surface area contributed by atoms with E-state index in [1.165, 1.54) is 30.5 Å². The number of fused-ring (bicyclic) bond motifs is 2. The molecule has 6 heterocycles. The Morgan fingerprint density at radius 2 is 2.00 bits per heavy atom. The van der Waals surface area contributed by atoms with Crippen molar-refractivity contribution in [2.75, 3.05) is 30.3 Å². The number of thioether (sulfide) groups is 1. The summed E-state index contributed by atoms with van der Waals surface area (Å²) in [6.45, 7) is 4.48. The van der Waals surface area contributed by atoms with Crippen molar-refractivity contribution in [2.24, 2.45) is 5.16 Å². The van der Waals surface area contributed by atoms with Crippen molar-refractivity contribution in [3.8, 4) is 0 Å². The molecule has 0 bridgehead atoms. The third kappa shape index (κ3) is 5.96. The Hall–Kier alpha value is -4.75. The molecule has 3 aliphatic rings. The van der Waals surface area contributed by atoms with E-state index in [2.05, 4.69) is 29.7 Å². The highest BCUT2D eigenvalue weighted by molar-refractivity contribution is 8.00. The molecule has 2 unspecified atom stereocenters. The van der Waals surface area contributed by atoms with Crippen LogP contribution in [0, 0.1) is 0 Å². The average molecular weight is 686 g/mol. The Kier molecular flexibility index (Phi) is 8.53. The smallest absolute Gasteiger partial charge is 0.352 e. The van der Waals surface area contributed by atoms with Crippen LogP contribution >= 0.6 is 23.3 Å². The molecule has 6 rings (SSSR count). The van der Waals surface area contributed by atoms with Crippen LogP contribution in [-0.4, -0.2) is 94.4 Å². The number of aromatic nitrogens is 4. The first-order valence-electron chi connectivity index (χ1n) is 14.7. The quantitative estimate of drug-likeness (QED) is 0.0707. The number of carbonyl (C=O) groups is 4. The van der Waals surface area contributed by atoms with E-state index in [0.717, 1.165) is 48.5 Å². The number of aliphatic carboxylic acids is 2. The first-order chi connectivity index (χ1) is 22.4. The summed E-state index contributed by atoms with van der Waals surface area (Å²) in [5, 5.41) is 28.6. The highest BCUT2D eigenvalue weighted by atomic mass is 32.2. The van der Waals surface area contributed by atoms with Crippen LogP contribution < -0.4 is 26.7 Å². The fourth-order valence-electron chi connectivity index (χ4n) is 5.80. The van der Waals surface area contributed by atoms with Crippen molar-refractivity contribution >= 4 is 74.7 Å². The topological polar surface area (TPSA) is 244 Å². The number of nitrogens with two attached hydrogens (primary N) is 2. The monoisotopic (exact) mass is 685 g/mol. The Balaban J connectivity index is 1.24. The first-order valence-corrected chi connectivity index (χ1v) is 16.5. The summed E-state index contributed by atoms with van der Waals surface area (Å²) < 4.78 is 8.03. The SMILES string of the molecule is CC(C)(ON=C(C(=O)NC1C(=O)N2C(C(=O)O)=C(C[n+]3cccc4c3cc(N)n4C3CCNCC3)CSC12)c1nsc(N)n1)C(=O)O. The third-order valence-electron chi connectivity index (χ3n) is 8.23. The van der Waals surface area contributed by atoms with E-state index in [1.807, 2.05) is 29.0 Å². The summed E-state index contributed by atoms with van der Waals surface area (Å²) in [6, 6.07) is 4.93. The van der Waals surface area contributed by atoms with Gasteiger partial charge in [0.25, 0.3) is 11.8 Å². The maximum atomic E-state index is 13.4. The summed E-state index contributed by atoms with van der Waals surface area (Å²) in [5.74, 6) is -3.48. The molecule has 3 aromatic rings. The summed E-state index contributed by atoms with van der Waals surface area (Å²) in [4.78, 5) is 61.0. The minimum absolute atomic E-state index is 0.0228. The van der Waals surface area contributed by atoms with Crippen LogP contribution in [0.1, 0.15) is 38.6 Å². The zero-order valence-electron chi connectivity index (χ0n) is 25.4. The van der Waals surface area contributed by atoms with Gasteiger partial charge in [0.05, 0.1) is 6.07 Å². The van der Waals surface area contributed by atoms with Crippen LogP contribution in [0.4, 0.5) is 10.9 Å². The van der Waals surface area contributed by atoms with Gasteiger partial charge in [-0.2, -0.15) is 13.9 Å². The second kappa shape index (κ2) is 12.5. The number of oxime groups is 1. The van der Waals surface area contributed by atoms with Crippen LogP contribution in [-0.2, 0) is 30.6 Å². The van der Waals surface area contributed by atoms with Gasteiger partial charge in [-0.25, -0.2) is 9.59 Å². The van der Waals surface area contributed by atoms with Gasteiger partial charge in [0.1, 0.15) is 28.4 Å². The van der Waals surface area contributed by atoms with E-state index in [0.29, 0.717) is 11.4 Å². The number of amides is 2. The number of carboxylic acid groups (broad SMARTS) is 2. The summed E-state index contributed by atoms with van der Waals surface area (Å²) in [5.41, 5.74) is 12.0. The molecule has 47 heavy (non-hydrogen) atoms. The Morgan fingerprint density at radius 1 is 1.26 bits per heavy atom. The van der Waals surface area contributed by atoms with Crippen molar-refractivity contribution in [3.05, 3.63) is 41.5 Å². The highest BCUT2D eigenvalue weighted by Gasteiger charge is 2.55. The van der Waals surface area contributed by atoms with Crippen LogP contribution in [0.15, 0.2) is 40.8 Å². The lowest BCUT2D eigenvalue weighted by Gasteiger charge is -2.49. The van der Waals surface area contributed by atoms with Gasteiger partial charge >= 0.3 is 11.9 Å². The number of rotatable bonds is 10. The molecular weight excluding hydrogens is 653 g/mol.